The van der Waals surface area contributed by atoms with E-state index in [0.717, 1.165) is 13.2 Å². The van der Waals surface area contributed by atoms with Crippen LogP contribution < -0.4 is 0 Å². The van der Waals surface area contributed by atoms with E-state index in [0.29, 0.717) is 6.04 Å². The quantitative estimate of drug-likeness (QED) is 0.729. The van der Waals surface area contributed by atoms with Crippen molar-refractivity contribution in [1.82, 2.24) is 14.7 Å². The summed E-state index contributed by atoms with van der Waals surface area (Å²) in [6.45, 7) is 18.0. The smallest absolute Gasteiger partial charge is 0.0509 e. The summed E-state index contributed by atoms with van der Waals surface area (Å²) < 4.78 is 0. The normalized spacial score (nSPS) is 18.8. The van der Waals surface area contributed by atoms with E-state index in [-0.39, 0.29) is 0 Å². The van der Waals surface area contributed by atoms with E-state index in [9.17, 15) is 0 Å². The highest BCUT2D eigenvalue weighted by Crippen LogP contribution is 2.04. The van der Waals surface area contributed by atoms with E-state index in [1.165, 1.54) is 26.2 Å². The molecule has 1 fully saturated rings. The first-order valence-corrected chi connectivity index (χ1v) is 6.78. The van der Waals surface area contributed by atoms with Crippen LogP contribution >= 0.6 is 0 Å². The Hall–Kier alpha value is -0.120. The maximum atomic E-state index is 2.56. The molecule has 0 amide bonds. The molecule has 1 aliphatic heterocycles. The van der Waals surface area contributed by atoms with Crippen molar-refractivity contribution in [1.29, 1.82) is 0 Å². The van der Waals surface area contributed by atoms with Gasteiger partial charge in [0.1, 0.15) is 0 Å². The molecule has 0 aromatic rings. The predicted molar refractivity (Wildman–Crippen MR) is 72.8 cm³/mol. The van der Waals surface area contributed by atoms with E-state index in [1.54, 1.807) is 0 Å². The van der Waals surface area contributed by atoms with Crippen molar-refractivity contribution in [2.24, 2.45) is 0 Å². The molecule has 98 valence electrons. The van der Waals surface area contributed by atoms with Gasteiger partial charge in [0.05, 0.1) is 6.67 Å². The molecule has 3 heteroatoms. The van der Waals surface area contributed by atoms with E-state index < -0.39 is 0 Å². The number of nitrogens with zero attached hydrogens (tertiary/aromatic N) is 3. The molecule has 0 spiro atoms. The SMILES string of the molecule is CC.CCN(CN1CCN(C)CC1)C(C)C. The standard InChI is InChI=1S/C11H25N3.C2H6/c1-5-14(11(2)3)10-13-8-6-12(4)7-9-13;1-2/h11H,5-10H2,1-4H3;1-2H3. The Balaban J connectivity index is 0.00000106. The summed E-state index contributed by atoms with van der Waals surface area (Å²) in [7, 11) is 2.21. The number of hydrogen-bond acceptors (Lipinski definition) is 3. The molecule has 16 heavy (non-hydrogen) atoms. The first kappa shape index (κ1) is 15.9. The molecule has 0 radical (unpaired) electrons. The molecule has 1 saturated heterocycles. The largest absolute Gasteiger partial charge is 0.304 e. The molecular formula is C13H31N3. The third kappa shape index (κ3) is 5.83. The Bertz CT molecular complexity index is 151. The van der Waals surface area contributed by atoms with Gasteiger partial charge in [-0.3, -0.25) is 9.80 Å². The minimum atomic E-state index is 0.666. The second kappa shape index (κ2) is 8.97. The van der Waals surface area contributed by atoms with Gasteiger partial charge in [0.15, 0.2) is 0 Å². The Morgan fingerprint density at radius 1 is 1.06 bits per heavy atom. The molecule has 0 aliphatic carbocycles. The van der Waals surface area contributed by atoms with E-state index >= 15 is 0 Å². The fourth-order valence-electron chi connectivity index (χ4n) is 1.87. The molecule has 3 nitrogen and oxygen atoms in total. The third-order valence-electron chi connectivity index (χ3n) is 3.11. The Kier molecular flexibility index (Phi) is 8.90. The highest BCUT2D eigenvalue weighted by atomic mass is 15.3. The average Bonchev–Trinajstić information content (AvgIpc) is 2.30. The summed E-state index contributed by atoms with van der Waals surface area (Å²) in [5, 5.41) is 0. The average molecular weight is 229 g/mol. The number of hydrogen-bond donors (Lipinski definition) is 0. The van der Waals surface area contributed by atoms with Crippen LogP contribution in [0.5, 0.6) is 0 Å². The van der Waals surface area contributed by atoms with E-state index in [4.69, 9.17) is 0 Å². The second-order valence-electron chi connectivity index (χ2n) is 4.56. The van der Waals surface area contributed by atoms with Crippen LogP contribution in [0.25, 0.3) is 0 Å². The van der Waals surface area contributed by atoms with Crippen molar-refractivity contribution in [2.45, 2.75) is 40.7 Å². The van der Waals surface area contributed by atoms with Crippen molar-refractivity contribution in [2.75, 3.05) is 46.4 Å². The fraction of sp³-hybridized carbons (Fsp3) is 1.00. The zero-order chi connectivity index (χ0) is 12.6. The maximum absolute atomic E-state index is 2.56. The van der Waals surface area contributed by atoms with Gasteiger partial charge >= 0.3 is 0 Å². The molecule has 0 aromatic carbocycles. The first-order valence-electron chi connectivity index (χ1n) is 6.78. The minimum Gasteiger partial charge on any atom is -0.304 e. The first-order chi connectivity index (χ1) is 7.63. The molecule has 0 N–H and O–H groups in total. The molecule has 0 bridgehead atoms. The lowest BCUT2D eigenvalue weighted by molar-refractivity contribution is 0.0706. The van der Waals surface area contributed by atoms with Gasteiger partial charge in [0.25, 0.3) is 0 Å². The van der Waals surface area contributed by atoms with Crippen LogP contribution in [0, 0.1) is 0 Å². The predicted octanol–water partition coefficient (Wildman–Crippen LogP) is 1.95. The van der Waals surface area contributed by atoms with Gasteiger partial charge in [-0.1, -0.05) is 20.8 Å². The van der Waals surface area contributed by atoms with Gasteiger partial charge < -0.3 is 4.90 Å². The Labute approximate surface area is 102 Å². The zero-order valence-electron chi connectivity index (χ0n) is 12.2. The van der Waals surface area contributed by atoms with Crippen LogP contribution in [0.1, 0.15) is 34.6 Å². The van der Waals surface area contributed by atoms with E-state index in [2.05, 4.69) is 42.5 Å². The van der Waals surface area contributed by atoms with Crippen molar-refractivity contribution in [3.8, 4) is 0 Å². The summed E-state index contributed by atoms with van der Waals surface area (Å²) in [6, 6.07) is 0.666. The lowest BCUT2D eigenvalue weighted by Gasteiger charge is -2.37. The minimum absolute atomic E-state index is 0.666. The summed E-state index contributed by atoms with van der Waals surface area (Å²) >= 11 is 0. The van der Waals surface area contributed by atoms with Gasteiger partial charge in [0.2, 0.25) is 0 Å². The summed E-state index contributed by atoms with van der Waals surface area (Å²) in [6.07, 6.45) is 0. The summed E-state index contributed by atoms with van der Waals surface area (Å²) in [5.74, 6) is 0. The third-order valence-corrected chi connectivity index (χ3v) is 3.11. The monoisotopic (exact) mass is 229 g/mol. The van der Waals surface area contributed by atoms with Gasteiger partial charge in [0, 0.05) is 32.2 Å². The maximum Gasteiger partial charge on any atom is 0.0509 e. The highest BCUT2D eigenvalue weighted by Gasteiger charge is 2.16. The zero-order valence-corrected chi connectivity index (χ0v) is 12.2. The Morgan fingerprint density at radius 2 is 1.56 bits per heavy atom. The summed E-state index contributed by atoms with van der Waals surface area (Å²) in [5.41, 5.74) is 0. The molecule has 0 saturated carbocycles. The molecule has 1 heterocycles. The molecule has 0 unspecified atom stereocenters. The molecule has 1 aliphatic rings. The summed E-state index contributed by atoms with van der Waals surface area (Å²) in [4.78, 5) is 7.48. The second-order valence-corrected chi connectivity index (χ2v) is 4.56. The molecule has 1 rings (SSSR count). The molecule has 0 aromatic heterocycles. The van der Waals surface area contributed by atoms with Crippen molar-refractivity contribution in [3.63, 3.8) is 0 Å². The number of piperazine rings is 1. The number of likely N-dealkylation sites (N-methyl/N-ethyl adjacent to an activating group) is 1. The van der Waals surface area contributed by atoms with Crippen LogP contribution in [0.15, 0.2) is 0 Å². The van der Waals surface area contributed by atoms with E-state index in [1.807, 2.05) is 13.8 Å². The van der Waals surface area contributed by atoms with Gasteiger partial charge in [-0.15, -0.1) is 0 Å². The van der Waals surface area contributed by atoms with Gasteiger partial charge in [-0.05, 0) is 27.4 Å². The molecular weight excluding hydrogens is 198 g/mol. The van der Waals surface area contributed by atoms with Crippen molar-refractivity contribution >= 4 is 0 Å². The lowest BCUT2D eigenvalue weighted by Crippen LogP contribution is -2.50. The highest BCUT2D eigenvalue weighted by molar-refractivity contribution is 4.70. The Morgan fingerprint density at radius 3 is 1.94 bits per heavy atom. The topological polar surface area (TPSA) is 9.72 Å². The van der Waals surface area contributed by atoms with Crippen molar-refractivity contribution in [3.05, 3.63) is 0 Å². The van der Waals surface area contributed by atoms with Crippen LogP contribution in [0.3, 0.4) is 0 Å². The van der Waals surface area contributed by atoms with Gasteiger partial charge in [-0.2, -0.15) is 0 Å². The van der Waals surface area contributed by atoms with Gasteiger partial charge in [-0.25, -0.2) is 0 Å². The van der Waals surface area contributed by atoms with Crippen molar-refractivity contribution < 1.29 is 0 Å². The van der Waals surface area contributed by atoms with Crippen LogP contribution in [0.4, 0.5) is 0 Å². The fourth-order valence-corrected chi connectivity index (χ4v) is 1.87. The van der Waals surface area contributed by atoms with Crippen LogP contribution in [-0.4, -0.2) is 67.2 Å². The molecule has 0 atom stereocenters. The van der Waals surface area contributed by atoms with Crippen LogP contribution in [-0.2, 0) is 0 Å². The lowest BCUT2D eigenvalue weighted by atomic mass is 10.3. The number of rotatable bonds is 4. The van der Waals surface area contributed by atoms with Crippen LogP contribution in [0.2, 0.25) is 0 Å².